The van der Waals surface area contributed by atoms with Crippen molar-refractivity contribution in [3.05, 3.63) is 40.8 Å². The predicted molar refractivity (Wildman–Crippen MR) is 97.7 cm³/mol. The zero-order valence-corrected chi connectivity index (χ0v) is 14.9. The number of halogens is 1. The summed E-state index contributed by atoms with van der Waals surface area (Å²) in [6, 6.07) is 4.05. The number of hydrogen-bond donors (Lipinski definition) is 1. The van der Waals surface area contributed by atoms with Gasteiger partial charge in [0.05, 0.1) is 22.5 Å². The van der Waals surface area contributed by atoms with Crippen molar-refractivity contribution in [2.24, 2.45) is 5.92 Å². The van der Waals surface area contributed by atoms with Gasteiger partial charge in [-0.3, -0.25) is 4.79 Å². The van der Waals surface area contributed by atoms with Gasteiger partial charge >= 0.3 is 0 Å². The first-order valence-corrected chi connectivity index (χ1v) is 9.00. The Balaban J connectivity index is 1.59. The molecule has 3 heterocycles. The average molecular weight is 369 g/mol. The monoisotopic (exact) mass is 368 g/mol. The molecule has 2 aliphatic rings. The van der Waals surface area contributed by atoms with E-state index in [1.165, 1.54) is 19.2 Å². The summed E-state index contributed by atoms with van der Waals surface area (Å²) in [5, 5.41) is 4.70. The number of carbonyl (C=O) groups is 1. The summed E-state index contributed by atoms with van der Waals surface area (Å²) < 4.78 is 1.64. The third-order valence-corrected chi connectivity index (χ3v) is 5.71. The van der Waals surface area contributed by atoms with Crippen LogP contribution in [0.4, 0.5) is 5.82 Å². The predicted octanol–water partition coefficient (Wildman–Crippen LogP) is 2.78. The Bertz CT molecular complexity index is 1060. The molecule has 1 aromatic carbocycles. The van der Waals surface area contributed by atoms with Crippen molar-refractivity contribution in [3.8, 4) is 11.3 Å². The lowest BCUT2D eigenvalue weighted by Crippen LogP contribution is -2.34. The number of fused-ring (bicyclic) bond motifs is 2. The number of anilines is 1. The fourth-order valence-corrected chi connectivity index (χ4v) is 4.09. The number of nitrogens with zero attached hydrogens (tertiary/aromatic N) is 5. The number of nitrogens with two attached hydrogens (primary N) is 1. The highest BCUT2D eigenvalue weighted by Crippen LogP contribution is 2.40. The maximum atomic E-state index is 12.8. The number of carbonyl (C=O) groups excluding carboxylic acids is 1. The van der Waals surface area contributed by atoms with Crippen molar-refractivity contribution in [1.82, 2.24) is 24.5 Å². The number of benzene rings is 1. The zero-order valence-electron chi connectivity index (χ0n) is 14.2. The van der Waals surface area contributed by atoms with E-state index in [4.69, 9.17) is 17.3 Å². The molecule has 0 bridgehead atoms. The zero-order chi connectivity index (χ0) is 18.0. The summed E-state index contributed by atoms with van der Waals surface area (Å²) in [5.41, 5.74) is 9.54. The lowest BCUT2D eigenvalue weighted by Gasteiger charge is -2.23. The number of nitrogen functional groups attached to an aromatic ring is 1. The fraction of sp³-hybridized carbons (Fsp3) is 0.333. The van der Waals surface area contributed by atoms with Crippen molar-refractivity contribution in [2.45, 2.75) is 32.4 Å². The average Bonchev–Trinajstić information content (AvgIpc) is 3.28. The van der Waals surface area contributed by atoms with E-state index < -0.39 is 0 Å². The van der Waals surface area contributed by atoms with E-state index >= 15 is 0 Å². The number of rotatable bonds is 3. The van der Waals surface area contributed by atoms with Crippen LogP contribution in [-0.4, -0.2) is 36.4 Å². The molecule has 8 heteroatoms. The Morgan fingerprint density at radius 1 is 1.31 bits per heavy atom. The Morgan fingerprint density at radius 3 is 2.88 bits per heavy atom. The van der Waals surface area contributed by atoms with Gasteiger partial charge in [0.25, 0.3) is 5.91 Å². The summed E-state index contributed by atoms with van der Waals surface area (Å²) in [7, 11) is 0. The minimum absolute atomic E-state index is 0.0284. The van der Waals surface area contributed by atoms with Gasteiger partial charge in [0, 0.05) is 18.2 Å². The maximum absolute atomic E-state index is 12.8. The number of hydrogen-bond acceptors (Lipinski definition) is 5. The van der Waals surface area contributed by atoms with Gasteiger partial charge in [-0.25, -0.2) is 14.5 Å². The van der Waals surface area contributed by atoms with Gasteiger partial charge in [0.15, 0.2) is 11.5 Å². The van der Waals surface area contributed by atoms with Gasteiger partial charge in [-0.05, 0) is 43.4 Å². The number of imidazole rings is 1. The second kappa shape index (κ2) is 5.41. The fourth-order valence-electron chi connectivity index (χ4n) is 3.77. The highest BCUT2D eigenvalue weighted by atomic mass is 35.5. The Labute approximate surface area is 154 Å². The van der Waals surface area contributed by atoms with Crippen LogP contribution in [0.3, 0.4) is 0 Å². The summed E-state index contributed by atoms with van der Waals surface area (Å²) in [5.74, 6) is 0.962. The third-order valence-electron chi connectivity index (χ3n) is 5.41. The molecule has 2 N–H and O–H groups in total. The van der Waals surface area contributed by atoms with Crippen LogP contribution >= 0.6 is 11.6 Å². The standard InChI is InChI=1S/C18H17ClN6O/c1-9(10-2-3-10)24-7-12-4-11(5-13(19)15(12)18(24)26)14-6-21-17-16(20)22-8-23-25(14)17/h4-6,8-10H,2-3,7H2,1H3,(H2,20,22,23)/t9-/m0/s1. The van der Waals surface area contributed by atoms with Crippen molar-refractivity contribution in [1.29, 1.82) is 0 Å². The first-order chi connectivity index (χ1) is 12.5. The largest absolute Gasteiger partial charge is 0.381 e. The summed E-state index contributed by atoms with van der Waals surface area (Å²) in [6.45, 7) is 2.72. The quantitative estimate of drug-likeness (QED) is 0.767. The lowest BCUT2D eigenvalue weighted by molar-refractivity contribution is 0.0697. The summed E-state index contributed by atoms with van der Waals surface area (Å²) >= 11 is 6.50. The van der Waals surface area contributed by atoms with E-state index in [9.17, 15) is 4.79 Å². The maximum Gasteiger partial charge on any atom is 0.256 e. The highest BCUT2D eigenvalue weighted by molar-refractivity contribution is 6.34. The van der Waals surface area contributed by atoms with Crippen LogP contribution in [0, 0.1) is 5.92 Å². The molecule has 26 heavy (non-hydrogen) atoms. The first-order valence-electron chi connectivity index (χ1n) is 8.62. The molecule has 1 saturated carbocycles. The minimum Gasteiger partial charge on any atom is -0.381 e. The Hall–Kier alpha value is -2.67. The molecular formula is C18H17ClN6O. The van der Waals surface area contributed by atoms with Crippen molar-refractivity contribution in [3.63, 3.8) is 0 Å². The van der Waals surface area contributed by atoms with Gasteiger partial charge in [0.1, 0.15) is 6.33 Å². The second-order valence-electron chi connectivity index (χ2n) is 7.03. The topological polar surface area (TPSA) is 89.4 Å². The van der Waals surface area contributed by atoms with Crippen LogP contribution in [0.5, 0.6) is 0 Å². The van der Waals surface area contributed by atoms with Crippen LogP contribution in [0.2, 0.25) is 5.02 Å². The van der Waals surface area contributed by atoms with E-state index in [2.05, 4.69) is 22.0 Å². The molecule has 132 valence electrons. The second-order valence-corrected chi connectivity index (χ2v) is 7.43. The van der Waals surface area contributed by atoms with Crippen molar-refractivity contribution >= 4 is 29.0 Å². The minimum atomic E-state index is 0.0284. The molecule has 0 saturated heterocycles. The highest BCUT2D eigenvalue weighted by Gasteiger charge is 2.39. The smallest absolute Gasteiger partial charge is 0.256 e. The van der Waals surface area contributed by atoms with Gasteiger partial charge in [-0.15, -0.1) is 0 Å². The Kier molecular flexibility index (Phi) is 3.24. The lowest BCUT2D eigenvalue weighted by atomic mass is 10.0. The summed E-state index contributed by atoms with van der Waals surface area (Å²) in [4.78, 5) is 23.0. The van der Waals surface area contributed by atoms with Gasteiger partial charge < -0.3 is 10.6 Å². The Morgan fingerprint density at radius 2 is 2.12 bits per heavy atom. The molecule has 0 spiro atoms. The molecule has 1 atom stereocenters. The molecule has 7 nitrogen and oxygen atoms in total. The molecule has 0 radical (unpaired) electrons. The van der Waals surface area contributed by atoms with Crippen LogP contribution in [0.1, 0.15) is 35.7 Å². The van der Waals surface area contributed by atoms with E-state index in [1.54, 1.807) is 16.8 Å². The third kappa shape index (κ3) is 2.20. The molecule has 3 aromatic rings. The number of amides is 1. The van der Waals surface area contributed by atoms with Crippen molar-refractivity contribution in [2.75, 3.05) is 5.73 Å². The van der Waals surface area contributed by atoms with Crippen LogP contribution in [0.15, 0.2) is 24.7 Å². The van der Waals surface area contributed by atoms with E-state index in [1.807, 2.05) is 11.0 Å². The van der Waals surface area contributed by atoms with Crippen LogP contribution in [-0.2, 0) is 6.54 Å². The van der Waals surface area contributed by atoms with E-state index in [0.717, 1.165) is 16.8 Å². The molecule has 1 aliphatic heterocycles. The van der Waals surface area contributed by atoms with Gasteiger partial charge in [-0.1, -0.05) is 11.6 Å². The molecule has 2 aromatic heterocycles. The molecule has 1 fully saturated rings. The summed E-state index contributed by atoms with van der Waals surface area (Å²) in [6.07, 6.45) is 5.48. The molecule has 1 aliphatic carbocycles. The number of aromatic nitrogens is 4. The molecular weight excluding hydrogens is 352 g/mol. The molecule has 0 unspecified atom stereocenters. The first kappa shape index (κ1) is 15.6. The van der Waals surface area contributed by atoms with Gasteiger partial charge in [-0.2, -0.15) is 5.10 Å². The SMILES string of the molecule is C[C@@H](C1CC1)N1Cc2cc(-c3cnc4c(N)ncnn34)cc(Cl)c2C1=O. The van der Waals surface area contributed by atoms with Crippen LogP contribution in [0.25, 0.3) is 16.9 Å². The van der Waals surface area contributed by atoms with Gasteiger partial charge in [0.2, 0.25) is 0 Å². The normalized spacial score (nSPS) is 17.8. The molecule has 1 amide bonds. The van der Waals surface area contributed by atoms with Crippen molar-refractivity contribution < 1.29 is 4.79 Å². The van der Waals surface area contributed by atoms with E-state index in [0.29, 0.717) is 34.5 Å². The molecule has 5 rings (SSSR count). The van der Waals surface area contributed by atoms with Crippen LogP contribution < -0.4 is 5.73 Å². The van der Waals surface area contributed by atoms with E-state index in [-0.39, 0.29) is 11.9 Å².